The Kier molecular flexibility index (Phi) is 5.05. The number of hydrogen-bond acceptors (Lipinski definition) is 3. The highest BCUT2D eigenvalue weighted by molar-refractivity contribution is 8.13. The van der Waals surface area contributed by atoms with Gasteiger partial charge in [0.05, 0.1) is 12.9 Å². The lowest BCUT2D eigenvalue weighted by atomic mass is 9.95. The Bertz CT molecular complexity index is 521. The number of methoxy groups -OCH3 is 1. The molecule has 0 radical (unpaired) electrons. The van der Waals surface area contributed by atoms with E-state index in [0.717, 1.165) is 23.3 Å². The van der Waals surface area contributed by atoms with Gasteiger partial charge in [-0.1, -0.05) is 32.9 Å². The van der Waals surface area contributed by atoms with Gasteiger partial charge in [0, 0.05) is 10.7 Å². The summed E-state index contributed by atoms with van der Waals surface area (Å²) in [4.78, 5) is 0. The molecule has 0 spiro atoms. The Balaban J connectivity index is 3.36. The van der Waals surface area contributed by atoms with Crippen LogP contribution in [0.25, 0.3) is 0 Å². The topological polar surface area (TPSA) is 43.4 Å². The molecule has 0 fully saturated rings. The fourth-order valence-electron chi connectivity index (χ4n) is 2.00. The highest BCUT2D eigenvalue weighted by Crippen LogP contribution is 2.32. The number of aryl methyl sites for hydroxylation is 1. The van der Waals surface area contributed by atoms with Crippen molar-refractivity contribution in [3.05, 3.63) is 28.8 Å². The molecular formula is C13H19ClO3S. The first kappa shape index (κ1) is 15.3. The number of rotatable bonds is 5. The second-order valence-corrected chi connectivity index (χ2v) is 7.35. The Morgan fingerprint density at radius 2 is 1.94 bits per heavy atom. The zero-order valence-corrected chi connectivity index (χ0v) is 12.7. The third-order valence-corrected chi connectivity index (χ3v) is 3.81. The molecular weight excluding hydrogens is 272 g/mol. The van der Waals surface area contributed by atoms with Gasteiger partial charge in [0.2, 0.25) is 9.05 Å². The van der Waals surface area contributed by atoms with Gasteiger partial charge in [-0.3, -0.25) is 0 Å². The summed E-state index contributed by atoms with van der Waals surface area (Å²) >= 11 is 0. The lowest BCUT2D eigenvalue weighted by molar-refractivity contribution is 0.402. The van der Waals surface area contributed by atoms with Gasteiger partial charge in [-0.15, -0.1) is 0 Å². The van der Waals surface area contributed by atoms with Crippen LogP contribution in [0.1, 0.15) is 43.4 Å². The van der Waals surface area contributed by atoms with Crippen LogP contribution in [0, 0.1) is 0 Å². The molecule has 1 aromatic rings. The Labute approximate surface area is 114 Å². The van der Waals surface area contributed by atoms with Crippen LogP contribution in [-0.4, -0.2) is 15.5 Å². The van der Waals surface area contributed by atoms with Crippen LogP contribution in [0.2, 0.25) is 0 Å². The molecule has 0 N–H and O–H groups in total. The average Bonchev–Trinajstić information content (AvgIpc) is 2.25. The quantitative estimate of drug-likeness (QED) is 0.780. The fourth-order valence-corrected chi connectivity index (χ4v) is 2.95. The summed E-state index contributed by atoms with van der Waals surface area (Å²) in [5.41, 5.74) is 2.75. The van der Waals surface area contributed by atoms with E-state index in [4.69, 9.17) is 15.4 Å². The maximum absolute atomic E-state index is 11.2. The second-order valence-electron chi connectivity index (χ2n) is 4.57. The average molecular weight is 291 g/mol. The van der Waals surface area contributed by atoms with Gasteiger partial charge < -0.3 is 4.74 Å². The molecule has 0 aliphatic heterocycles. The summed E-state index contributed by atoms with van der Waals surface area (Å²) in [7, 11) is 3.41. The zero-order valence-electron chi connectivity index (χ0n) is 11.2. The van der Waals surface area contributed by atoms with E-state index in [1.165, 1.54) is 0 Å². The van der Waals surface area contributed by atoms with Gasteiger partial charge in [0.15, 0.2) is 0 Å². The third-order valence-electron chi connectivity index (χ3n) is 2.80. The number of hydrogen-bond donors (Lipinski definition) is 0. The molecule has 0 saturated carbocycles. The van der Waals surface area contributed by atoms with Crippen molar-refractivity contribution in [2.24, 2.45) is 0 Å². The van der Waals surface area contributed by atoms with E-state index in [1.54, 1.807) is 7.11 Å². The Hall–Kier alpha value is -0.740. The molecule has 102 valence electrons. The molecule has 0 saturated heterocycles. The summed E-state index contributed by atoms with van der Waals surface area (Å²) in [5, 5.41) is 0. The number of benzene rings is 1. The largest absolute Gasteiger partial charge is 0.496 e. The van der Waals surface area contributed by atoms with Crippen LogP contribution in [0.15, 0.2) is 12.1 Å². The lowest BCUT2D eigenvalue weighted by Gasteiger charge is -2.17. The van der Waals surface area contributed by atoms with Gasteiger partial charge in [-0.25, -0.2) is 8.42 Å². The summed E-state index contributed by atoms with van der Waals surface area (Å²) in [6.07, 6.45) is 0.791. The molecule has 0 bridgehead atoms. The van der Waals surface area contributed by atoms with E-state index in [2.05, 4.69) is 13.8 Å². The summed E-state index contributed by atoms with van der Waals surface area (Å²) < 4.78 is 27.8. The first-order valence-corrected chi connectivity index (χ1v) is 8.38. The van der Waals surface area contributed by atoms with Gasteiger partial charge in [-0.05, 0) is 29.0 Å². The third kappa shape index (κ3) is 3.89. The van der Waals surface area contributed by atoms with E-state index in [1.807, 2.05) is 19.1 Å². The van der Waals surface area contributed by atoms with Crippen LogP contribution in [0.4, 0.5) is 0 Å². The highest BCUT2D eigenvalue weighted by atomic mass is 35.7. The van der Waals surface area contributed by atoms with Gasteiger partial charge >= 0.3 is 0 Å². The van der Waals surface area contributed by atoms with E-state index >= 15 is 0 Å². The van der Waals surface area contributed by atoms with Crippen LogP contribution in [0.5, 0.6) is 5.75 Å². The molecule has 1 aromatic carbocycles. The maximum Gasteiger partial charge on any atom is 0.236 e. The highest BCUT2D eigenvalue weighted by Gasteiger charge is 2.16. The molecule has 0 aliphatic rings. The van der Waals surface area contributed by atoms with Crippen molar-refractivity contribution in [1.82, 2.24) is 0 Å². The van der Waals surface area contributed by atoms with Gasteiger partial charge in [-0.2, -0.15) is 0 Å². The molecule has 0 aliphatic carbocycles. The molecule has 5 heteroatoms. The minimum absolute atomic E-state index is 0.148. The zero-order chi connectivity index (χ0) is 13.9. The minimum atomic E-state index is -3.53. The van der Waals surface area contributed by atoms with Crippen LogP contribution >= 0.6 is 10.7 Å². The Morgan fingerprint density at radius 3 is 2.33 bits per heavy atom. The molecule has 3 nitrogen and oxygen atoms in total. The first-order chi connectivity index (χ1) is 8.28. The minimum Gasteiger partial charge on any atom is -0.496 e. The molecule has 0 atom stereocenters. The summed E-state index contributed by atoms with van der Waals surface area (Å²) in [5.74, 6) is 0.970. The van der Waals surface area contributed by atoms with Crippen LogP contribution < -0.4 is 4.74 Å². The van der Waals surface area contributed by atoms with Crippen LogP contribution in [-0.2, 0) is 21.2 Å². The normalized spacial score (nSPS) is 11.9. The Morgan fingerprint density at radius 1 is 1.33 bits per heavy atom. The first-order valence-electron chi connectivity index (χ1n) is 5.90. The maximum atomic E-state index is 11.2. The fraction of sp³-hybridized carbons (Fsp3) is 0.538. The predicted octanol–water partition coefficient (Wildman–Crippen LogP) is 3.45. The summed E-state index contributed by atoms with van der Waals surface area (Å²) in [6.45, 7) is 6.12. The van der Waals surface area contributed by atoms with Crippen molar-refractivity contribution in [2.45, 2.75) is 38.9 Å². The van der Waals surface area contributed by atoms with Crippen LogP contribution in [0.3, 0.4) is 0 Å². The van der Waals surface area contributed by atoms with Gasteiger partial charge in [0.1, 0.15) is 5.75 Å². The standard InChI is InChI=1S/C13H19ClO3S/c1-5-11-6-10(8-18(14,15)16)7-12(9(2)3)13(11)17-4/h6-7,9H,5,8H2,1-4H3. The molecule has 0 heterocycles. The monoisotopic (exact) mass is 290 g/mol. The molecule has 0 aromatic heterocycles. The van der Waals surface area contributed by atoms with Crippen molar-refractivity contribution in [1.29, 1.82) is 0 Å². The van der Waals surface area contributed by atoms with Gasteiger partial charge in [0.25, 0.3) is 0 Å². The van der Waals surface area contributed by atoms with E-state index < -0.39 is 9.05 Å². The van der Waals surface area contributed by atoms with Crippen molar-refractivity contribution in [3.63, 3.8) is 0 Å². The number of ether oxygens (including phenoxy) is 1. The molecule has 1 rings (SSSR count). The van der Waals surface area contributed by atoms with Crippen molar-refractivity contribution in [3.8, 4) is 5.75 Å². The lowest BCUT2D eigenvalue weighted by Crippen LogP contribution is -2.03. The van der Waals surface area contributed by atoms with E-state index in [9.17, 15) is 8.42 Å². The second kappa shape index (κ2) is 5.93. The molecule has 0 amide bonds. The summed E-state index contributed by atoms with van der Waals surface area (Å²) in [6, 6.07) is 3.72. The van der Waals surface area contributed by atoms with Crippen molar-refractivity contribution in [2.75, 3.05) is 7.11 Å². The van der Waals surface area contributed by atoms with E-state index in [-0.39, 0.29) is 11.7 Å². The molecule has 0 unspecified atom stereocenters. The molecule has 18 heavy (non-hydrogen) atoms. The SMILES string of the molecule is CCc1cc(CS(=O)(=O)Cl)cc(C(C)C)c1OC. The van der Waals surface area contributed by atoms with Crippen molar-refractivity contribution < 1.29 is 13.2 Å². The predicted molar refractivity (Wildman–Crippen MR) is 74.9 cm³/mol. The van der Waals surface area contributed by atoms with E-state index in [0.29, 0.717) is 5.56 Å². The van der Waals surface area contributed by atoms with Crippen molar-refractivity contribution >= 4 is 19.7 Å². The number of halogens is 1. The smallest absolute Gasteiger partial charge is 0.236 e.